The molecule has 0 fully saturated rings. The molecular formula is C18H22ClNO3. The van der Waals surface area contributed by atoms with Crippen LogP contribution in [0.2, 0.25) is 0 Å². The van der Waals surface area contributed by atoms with E-state index >= 15 is 0 Å². The highest BCUT2D eigenvalue weighted by Gasteiger charge is 2.22. The fourth-order valence-electron chi connectivity index (χ4n) is 2.10. The molecule has 4 nitrogen and oxygen atoms in total. The Morgan fingerprint density at radius 2 is 1.52 bits per heavy atom. The van der Waals surface area contributed by atoms with Gasteiger partial charge in [-0.2, -0.15) is 0 Å². The Morgan fingerprint density at radius 3 is 1.87 bits per heavy atom. The lowest BCUT2D eigenvalue weighted by Gasteiger charge is -2.12. The first-order valence-electron chi connectivity index (χ1n) is 7.05. The van der Waals surface area contributed by atoms with Crippen molar-refractivity contribution in [3.05, 3.63) is 46.2 Å². The number of ketones is 3. The van der Waals surface area contributed by atoms with Crippen LogP contribution in [0.5, 0.6) is 0 Å². The van der Waals surface area contributed by atoms with E-state index < -0.39 is 11.6 Å². The molecule has 0 aromatic heterocycles. The van der Waals surface area contributed by atoms with E-state index in [-0.39, 0.29) is 17.1 Å². The fraction of sp³-hybridized carbons (Fsp3) is 0.333. The van der Waals surface area contributed by atoms with Gasteiger partial charge in [0.1, 0.15) is 0 Å². The van der Waals surface area contributed by atoms with Gasteiger partial charge in [0.15, 0.2) is 11.6 Å². The van der Waals surface area contributed by atoms with Gasteiger partial charge in [0.2, 0.25) is 5.78 Å². The Morgan fingerprint density at radius 1 is 1.00 bits per heavy atom. The SMILES string of the molecule is C=C(N=C(C)/C=C(\C)Cl)/C(C(=O)C(C)=O)=C(C)/C(=C\C)C(C)=O. The molecule has 0 bridgehead atoms. The monoisotopic (exact) mass is 335 g/mol. The number of aliphatic imine (C=N–C) groups is 1. The van der Waals surface area contributed by atoms with E-state index in [2.05, 4.69) is 11.6 Å². The van der Waals surface area contributed by atoms with Crippen molar-refractivity contribution in [3.63, 3.8) is 0 Å². The largest absolute Gasteiger partial charge is 0.295 e. The molecule has 0 aromatic rings. The van der Waals surface area contributed by atoms with Crippen LogP contribution in [-0.4, -0.2) is 23.1 Å². The third-order valence-electron chi connectivity index (χ3n) is 3.00. The first-order chi connectivity index (χ1) is 10.5. The van der Waals surface area contributed by atoms with Gasteiger partial charge in [0.05, 0.1) is 11.3 Å². The molecule has 0 aliphatic carbocycles. The summed E-state index contributed by atoms with van der Waals surface area (Å²) >= 11 is 5.79. The van der Waals surface area contributed by atoms with E-state index in [1.54, 1.807) is 39.8 Å². The van der Waals surface area contributed by atoms with E-state index in [4.69, 9.17) is 11.6 Å². The fourth-order valence-corrected chi connectivity index (χ4v) is 2.26. The lowest BCUT2D eigenvalue weighted by Crippen LogP contribution is -2.17. The maximum absolute atomic E-state index is 12.3. The van der Waals surface area contributed by atoms with E-state index in [0.29, 0.717) is 21.9 Å². The molecule has 0 amide bonds. The minimum absolute atomic E-state index is 0.0424. The molecule has 0 unspecified atom stereocenters. The molecule has 23 heavy (non-hydrogen) atoms. The van der Waals surface area contributed by atoms with Crippen LogP contribution >= 0.6 is 11.6 Å². The molecule has 124 valence electrons. The average Bonchev–Trinajstić information content (AvgIpc) is 2.37. The predicted molar refractivity (Wildman–Crippen MR) is 94.7 cm³/mol. The number of nitrogens with zero attached hydrogens (tertiary/aromatic N) is 1. The second-order valence-electron chi connectivity index (χ2n) is 5.07. The predicted octanol–water partition coefficient (Wildman–Crippen LogP) is 4.11. The standard InChI is InChI=1S/C18H22ClNO3/c1-8-16(14(6)21)12(4)17(18(23)15(7)22)13(5)20-11(3)9-10(2)19/h8-9H,5H2,1-4,6-7H3/b10-9+,16-8+,17-12-,20-11?. The van der Waals surface area contributed by atoms with E-state index in [9.17, 15) is 14.4 Å². The Hall–Kier alpha value is -2.07. The van der Waals surface area contributed by atoms with Gasteiger partial charge in [0, 0.05) is 23.2 Å². The molecule has 0 N–H and O–H groups in total. The van der Waals surface area contributed by atoms with Crippen LogP contribution in [-0.2, 0) is 14.4 Å². The number of hydrogen-bond donors (Lipinski definition) is 0. The summed E-state index contributed by atoms with van der Waals surface area (Å²) in [6.07, 6.45) is 3.21. The zero-order valence-electron chi connectivity index (χ0n) is 14.4. The van der Waals surface area contributed by atoms with Crippen LogP contribution in [0.15, 0.2) is 51.2 Å². The molecule has 0 saturated carbocycles. The maximum Gasteiger partial charge on any atom is 0.230 e. The van der Waals surface area contributed by atoms with Gasteiger partial charge in [0.25, 0.3) is 0 Å². The maximum atomic E-state index is 12.3. The Balaban J connectivity index is 6.28. The third-order valence-corrected chi connectivity index (χ3v) is 3.11. The quantitative estimate of drug-likeness (QED) is 0.304. The van der Waals surface area contributed by atoms with E-state index in [1.807, 2.05) is 0 Å². The van der Waals surface area contributed by atoms with Crippen molar-refractivity contribution in [2.24, 2.45) is 4.99 Å². The van der Waals surface area contributed by atoms with Gasteiger partial charge in [-0.15, -0.1) is 0 Å². The molecule has 0 aliphatic heterocycles. The van der Waals surface area contributed by atoms with Crippen LogP contribution in [0.3, 0.4) is 0 Å². The molecule has 0 aliphatic rings. The molecular weight excluding hydrogens is 314 g/mol. The highest BCUT2D eigenvalue weighted by molar-refractivity contribution is 6.44. The molecule has 5 heteroatoms. The van der Waals surface area contributed by atoms with Gasteiger partial charge < -0.3 is 0 Å². The van der Waals surface area contributed by atoms with E-state index in [0.717, 1.165) is 0 Å². The Labute approximate surface area is 142 Å². The van der Waals surface area contributed by atoms with Crippen molar-refractivity contribution >= 4 is 34.7 Å². The zero-order valence-corrected chi connectivity index (χ0v) is 15.2. The van der Waals surface area contributed by atoms with Gasteiger partial charge in [-0.3, -0.25) is 19.4 Å². The number of carbonyl (C=O) groups is 3. The lowest BCUT2D eigenvalue weighted by atomic mass is 9.93. The van der Waals surface area contributed by atoms with Gasteiger partial charge in [-0.1, -0.05) is 24.3 Å². The van der Waals surface area contributed by atoms with Crippen molar-refractivity contribution < 1.29 is 14.4 Å². The topological polar surface area (TPSA) is 63.6 Å². The Bertz CT molecular complexity index is 672. The van der Waals surface area contributed by atoms with Crippen LogP contribution in [0.25, 0.3) is 0 Å². The Kier molecular flexibility index (Phi) is 8.33. The summed E-state index contributed by atoms with van der Waals surface area (Å²) in [7, 11) is 0. The van der Waals surface area contributed by atoms with Gasteiger partial charge in [-0.25, -0.2) is 0 Å². The van der Waals surface area contributed by atoms with Crippen LogP contribution in [0, 0.1) is 0 Å². The third kappa shape index (κ3) is 6.28. The molecule has 0 radical (unpaired) electrons. The summed E-state index contributed by atoms with van der Waals surface area (Å²) in [5.74, 6) is -1.57. The molecule has 0 spiro atoms. The number of hydrogen-bond acceptors (Lipinski definition) is 4. The minimum atomic E-state index is -0.726. The average molecular weight is 336 g/mol. The van der Waals surface area contributed by atoms with Crippen molar-refractivity contribution in [1.82, 2.24) is 0 Å². The zero-order chi connectivity index (χ0) is 18.3. The van der Waals surface area contributed by atoms with Crippen molar-refractivity contribution in [1.29, 1.82) is 0 Å². The molecule has 0 aromatic carbocycles. The van der Waals surface area contributed by atoms with Crippen molar-refractivity contribution in [2.75, 3.05) is 0 Å². The lowest BCUT2D eigenvalue weighted by molar-refractivity contribution is -0.133. The number of rotatable bonds is 7. The number of allylic oxidation sites excluding steroid dienone is 6. The highest BCUT2D eigenvalue weighted by atomic mass is 35.5. The van der Waals surface area contributed by atoms with Crippen LogP contribution < -0.4 is 0 Å². The number of halogens is 1. The highest BCUT2D eigenvalue weighted by Crippen LogP contribution is 2.23. The molecule has 0 heterocycles. The summed E-state index contributed by atoms with van der Waals surface area (Å²) in [6.45, 7) is 13.0. The summed E-state index contributed by atoms with van der Waals surface area (Å²) in [4.78, 5) is 39.7. The second-order valence-corrected chi connectivity index (χ2v) is 5.67. The first-order valence-corrected chi connectivity index (χ1v) is 7.42. The normalized spacial score (nSPS) is 14.3. The number of carbonyl (C=O) groups excluding carboxylic acids is 3. The molecule has 0 atom stereocenters. The van der Waals surface area contributed by atoms with Crippen LogP contribution in [0.1, 0.15) is 41.5 Å². The second kappa shape index (κ2) is 9.16. The van der Waals surface area contributed by atoms with E-state index in [1.165, 1.54) is 13.8 Å². The van der Waals surface area contributed by atoms with Gasteiger partial charge in [-0.05, 0) is 46.3 Å². The summed E-state index contributed by atoms with van der Waals surface area (Å²) in [5, 5.41) is 0.525. The minimum Gasteiger partial charge on any atom is -0.295 e. The molecule has 0 saturated heterocycles. The van der Waals surface area contributed by atoms with Gasteiger partial charge >= 0.3 is 0 Å². The molecule has 0 rings (SSSR count). The van der Waals surface area contributed by atoms with Crippen molar-refractivity contribution in [3.8, 4) is 0 Å². The van der Waals surface area contributed by atoms with Crippen molar-refractivity contribution in [2.45, 2.75) is 41.5 Å². The smallest absolute Gasteiger partial charge is 0.230 e. The summed E-state index contributed by atoms with van der Waals surface area (Å²) in [5.41, 5.74) is 1.44. The number of Topliss-reactive ketones (excluding diaryl/α,β-unsaturated/α-hetero) is 3. The summed E-state index contributed by atoms with van der Waals surface area (Å²) < 4.78 is 0. The first kappa shape index (κ1) is 20.9. The summed E-state index contributed by atoms with van der Waals surface area (Å²) in [6, 6.07) is 0. The van der Waals surface area contributed by atoms with Crippen LogP contribution in [0.4, 0.5) is 0 Å².